The molecule has 84 heavy (non-hydrogen) atoms. The summed E-state index contributed by atoms with van der Waals surface area (Å²) in [4.78, 5) is 2.86. The predicted molar refractivity (Wildman–Crippen MR) is 292 cm³/mol. The smallest absolute Gasteiger partial charge is 0.165 e. The summed E-state index contributed by atoms with van der Waals surface area (Å²) in [6.45, 7) is 20.5. The molecule has 6 radical (unpaired) electrons. The fraction of sp³-hybridized carbons (Fsp3) is 0.800. The summed E-state index contributed by atoms with van der Waals surface area (Å²) in [5.41, 5.74) is 2.39. The summed E-state index contributed by atoms with van der Waals surface area (Å²) in [7, 11) is 7.20. The maximum Gasteiger partial charge on any atom is 0.165 e. The zero-order chi connectivity index (χ0) is 50.3. The molecule has 4 heterocycles. The fourth-order valence-electron chi connectivity index (χ4n) is 18.7. The quantitative estimate of drug-likeness (QED) is 0.166. The molecule has 442 valence electrons. The number of methoxy groups -OCH3 is 4. The number of fused-ring (bicyclic) bond motifs is 4. The van der Waals surface area contributed by atoms with E-state index < -0.39 is 22.4 Å². The van der Waals surface area contributed by atoms with E-state index in [1.54, 1.807) is 14.2 Å². The Morgan fingerprint density at radius 3 is 1.38 bits per heavy atom. The van der Waals surface area contributed by atoms with Gasteiger partial charge in [-0.1, -0.05) is 69.6 Å². The molecule has 2 saturated heterocycles. The van der Waals surface area contributed by atoms with Crippen LogP contribution < -0.4 is 24.3 Å². The van der Waals surface area contributed by atoms with Gasteiger partial charge in [0.1, 0.15) is 23.4 Å². The second-order valence-electron chi connectivity index (χ2n) is 27.6. The van der Waals surface area contributed by atoms with E-state index in [9.17, 15) is 10.2 Å². The maximum atomic E-state index is 12.3. The van der Waals surface area contributed by atoms with Crippen LogP contribution in [0.4, 0.5) is 0 Å². The average Bonchev–Trinajstić information content (AvgIpc) is 4.28. The number of hydrogen-bond donors (Lipinski definition) is 3. The van der Waals surface area contributed by atoms with Crippen molar-refractivity contribution in [3.05, 3.63) is 46.5 Å². The Kier molecular flexibility index (Phi) is 39.5. The van der Waals surface area contributed by atoms with Gasteiger partial charge in [0.2, 0.25) is 0 Å². The van der Waals surface area contributed by atoms with Crippen molar-refractivity contribution in [3.8, 4) is 23.0 Å². The minimum Gasteiger partial charge on any atom is -0.493 e. The zero-order valence-corrected chi connectivity index (χ0v) is 99.4. The topological polar surface area (TPSA) is 111 Å². The van der Waals surface area contributed by atoms with Crippen LogP contribution in [0.15, 0.2) is 24.3 Å². The number of rotatable bonds is 9. The molecule has 0 aromatic heterocycles. The van der Waals surface area contributed by atoms with E-state index in [-0.39, 0.29) is 416 Å². The number of likely N-dealkylation sites (tertiary alicyclic amines) is 1. The molecule has 10 nitrogen and oxygen atoms in total. The molecule has 14 atom stereocenters. The number of piperidine rings is 2. The van der Waals surface area contributed by atoms with Crippen LogP contribution in [0.5, 0.6) is 23.0 Å². The van der Waals surface area contributed by atoms with Gasteiger partial charge in [-0.25, -0.2) is 0 Å². The normalized spacial score (nSPS) is 35.4. The fourth-order valence-corrected chi connectivity index (χ4v) is 19.3. The van der Waals surface area contributed by atoms with Gasteiger partial charge in [0.05, 0.1) is 25.4 Å². The third-order valence-corrected chi connectivity index (χ3v) is 24.5. The summed E-state index contributed by atoms with van der Waals surface area (Å²) < 4.78 is 38.9. The van der Waals surface area contributed by atoms with Gasteiger partial charge in [-0.05, 0) is 163 Å². The van der Waals surface area contributed by atoms with Crippen molar-refractivity contribution >= 4 is 32.8 Å². The number of alkyl halides is 1. The molecule has 10 aliphatic carbocycles. The Balaban J connectivity index is 0. The van der Waals surface area contributed by atoms with Crippen molar-refractivity contribution < 1.29 is 381 Å². The Morgan fingerprint density at radius 2 is 0.988 bits per heavy atom. The molecule has 8 bridgehead atoms. The summed E-state index contributed by atoms with van der Waals surface area (Å²) in [6.07, 6.45) is 15.9. The van der Waals surface area contributed by atoms with Crippen molar-refractivity contribution in [1.82, 2.24) is 10.2 Å². The van der Waals surface area contributed by atoms with Crippen LogP contribution in [0.3, 0.4) is 0 Å². The zero-order valence-electron chi connectivity index (χ0n) is 52.0. The van der Waals surface area contributed by atoms with Gasteiger partial charge in [-0.3, -0.25) is 4.90 Å². The number of nitrogens with one attached hydrogen (secondary N) is 1. The Morgan fingerprint density at radius 1 is 0.571 bits per heavy atom. The van der Waals surface area contributed by atoms with Crippen molar-refractivity contribution in [1.29, 1.82) is 0 Å². The van der Waals surface area contributed by atoms with Crippen molar-refractivity contribution in [3.63, 3.8) is 0 Å². The van der Waals surface area contributed by atoms with E-state index in [4.69, 9.17) is 28.4 Å². The molecule has 8 saturated carbocycles. The summed E-state index contributed by atoms with van der Waals surface area (Å²) in [5, 5.41) is 29.4. The minimum atomic E-state index is -0.880. The molecule has 2 aromatic rings. The molecule has 4 aliphatic heterocycles. The van der Waals surface area contributed by atoms with Crippen molar-refractivity contribution in [2.24, 2.45) is 45.3 Å². The van der Waals surface area contributed by atoms with Crippen LogP contribution in [-0.2, 0) is 33.1 Å². The van der Waals surface area contributed by atoms with Crippen LogP contribution in [0, 0.1) is 388 Å². The number of ether oxygens (including phenoxy) is 6. The van der Waals surface area contributed by atoms with Crippen molar-refractivity contribution in [2.45, 2.75) is 203 Å². The average molecular weight is 3680 g/mol. The molecule has 0 unspecified atom stereocenters. The number of benzene rings is 2. The molecular weight excluding hydrogens is 3600 g/mol. The van der Waals surface area contributed by atoms with Gasteiger partial charge in [0.25, 0.3) is 0 Å². The Bertz CT molecular complexity index is 2520. The number of hydrogen-bond acceptors (Lipinski definition) is 10. The number of halogens is 1. The Hall–Kier alpha value is 9.58. The third-order valence-electron chi connectivity index (χ3n) is 23.6. The van der Waals surface area contributed by atoms with Gasteiger partial charge in [0, 0.05) is 442 Å². The first-order chi connectivity index (χ1) is 33.6. The van der Waals surface area contributed by atoms with Crippen LogP contribution in [-0.4, -0.2) is 132 Å². The molecule has 16 rings (SSSR count). The first-order valence-electron chi connectivity index (χ1n) is 27.9. The van der Waals surface area contributed by atoms with Gasteiger partial charge in [-0.2, -0.15) is 0 Å². The second-order valence-corrected chi connectivity index (χ2v) is 28.3. The summed E-state index contributed by atoms with van der Waals surface area (Å²) in [6, 6.07) is 9.67. The van der Waals surface area contributed by atoms with E-state index in [0.717, 1.165) is 112 Å². The monoisotopic (exact) mass is 3680 g/mol. The molecule has 3 N–H and O–H groups in total. The van der Waals surface area contributed by atoms with Crippen LogP contribution in [0.1, 0.15) is 155 Å². The molecule has 24 heteroatoms. The van der Waals surface area contributed by atoms with E-state index >= 15 is 0 Å². The van der Waals surface area contributed by atoms with Crippen molar-refractivity contribution in [2.75, 3.05) is 53.4 Å². The molecule has 0 amide bonds. The second kappa shape index (κ2) is 34.7. The third kappa shape index (κ3) is 14.1. The summed E-state index contributed by atoms with van der Waals surface area (Å²) >= 11 is 3.38. The van der Waals surface area contributed by atoms with E-state index in [2.05, 4.69) is 98.9 Å². The number of nitrogens with zero attached hydrogens (tertiary/aromatic N) is 1. The van der Waals surface area contributed by atoms with Gasteiger partial charge in [0.15, 0.2) is 23.0 Å². The van der Waals surface area contributed by atoms with Gasteiger partial charge in [-0.15, -0.1) is 0 Å². The predicted octanol–water partition coefficient (Wildman–Crippen LogP) is 9.34. The number of aliphatic hydroxyl groups is 2. The van der Waals surface area contributed by atoms with Crippen LogP contribution in [0.25, 0.3) is 0 Å². The van der Waals surface area contributed by atoms with E-state index in [1.807, 2.05) is 21.1 Å². The molecule has 4 spiro atoms. The first kappa shape index (κ1) is 95.6. The van der Waals surface area contributed by atoms with E-state index in [0.29, 0.717) is 12.1 Å². The first-order valence-corrected chi connectivity index (χ1v) is 29.0. The molecule has 2 aromatic carbocycles. The SMILES string of the molecule is BrCC1CC1.COc1ccc2c3c1O[C@H]1[C@]4(OC)CC[C@@]5(C[C@@H]4[C@](C)(O)C(C)(C)C)[C@@H](C2)N(CC2CC2)CC[C@]315.COc1ccc2c3c1O[C@H]1[C@]4(OC)CC[C@@]5(C[C@@H]4[C@](C)(O)C(C)(C)C)[C@@H](C2)NCC[C@]315.[B].[B].[U].[U].[U].[U].[U].[U].[U].[U].[U].[U].[U]. The summed E-state index contributed by atoms with van der Waals surface area (Å²) in [5.74, 6) is 5.53. The maximum absolute atomic E-state index is 12.3. The standard InChI is InChI=1S/C30H43NO4.C26H37NO4.C4H7Br.2B.11U/c1-26(2,3)27(4,32)21-16-28-11-12-30(21,34-6)25-29(28)13-14-31(17-18-7-8-18)22(28)15-19-9-10-20(33-5)24(35-25)23(19)29;1-22(2,3)23(4,28)17-14-24-9-10-26(17,30-6)21-25(24)11-12-27-18(24)13-15-7-8-16(29-5)20(31-21)19(15)25;5-3-4-1-2-4;;;;;;;;;;;;;/h9-10,18,21-22,25,32H,7-8,11-17H2,1-6H3;7-8,17-18,21,27-28H,9-14H2,1-6H3;4H,1-3H2;;;;;;;;;;;;;/t21-,22-,25-,27+,28-,29+,30+;17-,18-,21-,23+,24-,25+,26+;;;;;;;;;;;;;;/m11............../s1. The van der Waals surface area contributed by atoms with E-state index in [1.165, 1.54) is 59.8 Å². The molecular formula is C60H87B2BrN2O8U11. The minimum absolute atomic E-state index is 0. The van der Waals surface area contributed by atoms with Gasteiger partial charge >= 0.3 is 0 Å². The van der Waals surface area contributed by atoms with Crippen LogP contribution in [0.2, 0.25) is 0 Å². The largest absolute Gasteiger partial charge is 0.493 e. The van der Waals surface area contributed by atoms with Crippen LogP contribution >= 0.6 is 15.9 Å². The molecule has 10 fully saturated rings. The molecule has 14 aliphatic rings. The van der Waals surface area contributed by atoms with Gasteiger partial charge < -0.3 is 44.0 Å². The Labute approximate surface area is 779 Å².